The van der Waals surface area contributed by atoms with Gasteiger partial charge in [-0.1, -0.05) is 24.3 Å². The Hall–Kier alpha value is -1.28. The van der Waals surface area contributed by atoms with E-state index in [2.05, 4.69) is 31.2 Å². The highest BCUT2D eigenvalue weighted by Crippen LogP contribution is 2.27. The minimum Gasteiger partial charge on any atom is -0.490 e. The van der Waals surface area contributed by atoms with Crippen LogP contribution in [-0.4, -0.2) is 18.8 Å². The van der Waals surface area contributed by atoms with Crippen LogP contribution in [0.1, 0.15) is 19.4 Å². The number of allylic oxidation sites excluding steroid dienone is 2. The highest BCUT2D eigenvalue weighted by atomic mass is 16.6. The smallest absolute Gasteiger partial charge is 0.123 e. The molecule has 2 heteroatoms. The summed E-state index contributed by atoms with van der Waals surface area (Å²) in [5.74, 6) is 0.929. The molecule has 1 aromatic carbocycles. The maximum Gasteiger partial charge on any atom is 0.123 e. The average molecular weight is 218 g/mol. The summed E-state index contributed by atoms with van der Waals surface area (Å²) in [6, 6.07) is 8.23. The summed E-state index contributed by atoms with van der Waals surface area (Å²) < 4.78 is 11.0. The average Bonchev–Trinajstić information content (AvgIpc) is 3.03. The zero-order valence-electron chi connectivity index (χ0n) is 9.90. The van der Waals surface area contributed by atoms with Crippen LogP contribution in [0.15, 0.2) is 36.4 Å². The number of rotatable bonds is 5. The zero-order chi connectivity index (χ0) is 11.4. The van der Waals surface area contributed by atoms with E-state index in [0.717, 1.165) is 18.8 Å². The maximum atomic E-state index is 5.70. The Morgan fingerprint density at radius 1 is 1.50 bits per heavy atom. The molecule has 1 heterocycles. The summed E-state index contributed by atoms with van der Waals surface area (Å²) in [6.07, 6.45) is 5.17. The Labute approximate surface area is 96.9 Å². The molecule has 1 unspecified atom stereocenters. The minimum atomic E-state index is -0.0423. The standard InChI is InChI=1S/C14H18O2/c1-3-4-6-12-7-5-8-13(9-12)15-10-14(2)11-16-14/h3-5,7-9H,6,10-11H2,1-2H3/b4-3+. The van der Waals surface area contributed by atoms with Crippen molar-refractivity contribution in [1.29, 1.82) is 0 Å². The van der Waals surface area contributed by atoms with E-state index in [9.17, 15) is 0 Å². The molecule has 0 radical (unpaired) electrons. The normalized spacial score (nSPS) is 23.6. The van der Waals surface area contributed by atoms with Crippen molar-refractivity contribution in [2.45, 2.75) is 25.9 Å². The summed E-state index contributed by atoms with van der Waals surface area (Å²) >= 11 is 0. The molecule has 1 atom stereocenters. The Kier molecular flexibility index (Phi) is 3.30. The lowest BCUT2D eigenvalue weighted by molar-refractivity contribution is 0.202. The van der Waals surface area contributed by atoms with Crippen molar-refractivity contribution in [2.75, 3.05) is 13.2 Å². The molecule has 2 rings (SSSR count). The van der Waals surface area contributed by atoms with Gasteiger partial charge in [-0.3, -0.25) is 0 Å². The van der Waals surface area contributed by atoms with Crippen LogP contribution in [0.3, 0.4) is 0 Å². The van der Waals surface area contributed by atoms with Crippen molar-refractivity contribution in [3.63, 3.8) is 0 Å². The second kappa shape index (κ2) is 4.71. The van der Waals surface area contributed by atoms with E-state index in [-0.39, 0.29) is 5.60 Å². The monoisotopic (exact) mass is 218 g/mol. The summed E-state index contributed by atoms with van der Waals surface area (Å²) in [5.41, 5.74) is 1.23. The zero-order valence-corrected chi connectivity index (χ0v) is 9.90. The molecular weight excluding hydrogens is 200 g/mol. The van der Waals surface area contributed by atoms with Crippen molar-refractivity contribution >= 4 is 0 Å². The third-order valence-corrected chi connectivity index (χ3v) is 2.67. The third-order valence-electron chi connectivity index (χ3n) is 2.67. The van der Waals surface area contributed by atoms with Crippen LogP contribution in [0.4, 0.5) is 0 Å². The number of benzene rings is 1. The van der Waals surface area contributed by atoms with Crippen molar-refractivity contribution in [3.05, 3.63) is 42.0 Å². The molecule has 0 spiro atoms. The Balaban J connectivity index is 1.93. The van der Waals surface area contributed by atoms with Crippen LogP contribution in [0.25, 0.3) is 0 Å². The first-order valence-electron chi connectivity index (χ1n) is 5.69. The third kappa shape index (κ3) is 3.11. The molecule has 1 saturated heterocycles. The molecule has 0 bridgehead atoms. The first kappa shape index (κ1) is 11.2. The molecule has 86 valence electrons. The summed E-state index contributed by atoms with van der Waals surface area (Å²) in [6.45, 7) is 5.55. The van der Waals surface area contributed by atoms with E-state index in [1.165, 1.54) is 5.56 Å². The van der Waals surface area contributed by atoms with Gasteiger partial charge in [0.2, 0.25) is 0 Å². The number of epoxide rings is 1. The fourth-order valence-electron chi connectivity index (χ4n) is 1.46. The predicted molar refractivity (Wildman–Crippen MR) is 64.8 cm³/mol. The summed E-state index contributed by atoms with van der Waals surface area (Å²) in [4.78, 5) is 0. The van der Waals surface area contributed by atoms with Crippen LogP contribution < -0.4 is 4.74 Å². The van der Waals surface area contributed by atoms with Gasteiger partial charge in [0.15, 0.2) is 0 Å². The summed E-state index contributed by atoms with van der Waals surface area (Å²) in [5, 5.41) is 0. The topological polar surface area (TPSA) is 21.8 Å². The summed E-state index contributed by atoms with van der Waals surface area (Å²) in [7, 11) is 0. The lowest BCUT2D eigenvalue weighted by Crippen LogP contribution is -2.16. The van der Waals surface area contributed by atoms with Crippen molar-refractivity contribution in [2.24, 2.45) is 0 Å². The van der Waals surface area contributed by atoms with E-state index in [1.54, 1.807) is 0 Å². The molecule has 1 aliphatic heterocycles. The van der Waals surface area contributed by atoms with Crippen LogP contribution in [-0.2, 0) is 11.2 Å². The quantitative estimate of drug-likeness (QED) is 0.560. The van der Waals surface area contributed by atoms with E-state index in [1.807, 2.05) is 19.1 Å². The molecule has 0 aliphatic carbocycles. The number of hydrogen-bond acceptors (Lipinski definition) is 2. The first-order chi connectivity index (χ1) is 7.72. The Bertz CT molecular complexity index is 378. The van der Waals surface area contributed by atoms with Crippen molar-refractivity contribution in [1.82, 2.24) is 0 Å². The van der Waals surface area contributed by atoms with Gasteiger partial charge in [-0.05, 0) is 38.0 Å². The largest absolute Gasteiger partial charge is 0.490 e. The predicted octanol–water partition coefficient (Wildman–Crippen LogP) is 2.97. The molecule has 0 N–H and O–H groups in total. The Morgan fingerprint density at radius 2 is 2.31 bits per heavy atom. The van der Waals surface area contributed by atoms with Gasteiger partial charge in [0.05, 0.1) is 6.61 Å². The molecule has 16 heavy (non-hydrogen) atoms. The maximum absolute atomic E-state index is 5.70. The van der Waals surface area contributed by atoms with Crippen LogP contribution in [0, 0.1) is 0 Å². The fourth-order valence-corrected chi connectivity index (χ4v) is 1.46. The van der Waals surface area contributed by atoms with Crippen LogP contribution >= 0.6 is 0 Å². The highest BCUT2D eigenvalue weighted by molar-refractivity contribution is 5.29. The minimum absolute atomic E-state index is 0.0423. The number of ether oxygens (including phenoxy) is 2. The van der Waals surface area contributed by atoms with Gasteiger partial charge in [0, 0.05) is 0 Å². The van der Waals surface area contributed by atoms with Crippen molar-refractivity contribution < 1.29 is 9.47 Å². The van der Waals surface area contributed by atoms with Gasteiger partial charge in [-0.25, -0.2) is 0 Å². The van der Waals surface area contributed by atoms with E-state index in [0.29, 0.717) is 6.61 Å². The first-order valence-corrected chi connectivity index (χ1v) is 5.69. The van der Waals surface area contributed by atoms with Crippen LogP contribution in [0.2, 0.25) is 0 Å². The molecule has 1 aromatic rings. The lowest BCUT2D eigenvalue weighted by Gasteiger charge is -2.09. The van der Waals surface area contributed by atoms with E-state index in [4.69, 9.17) is 9.47 Å². The van der Waals surface area contributed by atoms with Gasteiger partial charge in [0.1, 0.15) is 18.0 Å². The number of hydrogen-bond donors (Lipinski definition) is 0. The molecule has 1 fully saturated rings. The van der Waals surface area contributed by atoms with Gasteiger partial charge in [-0.15, -0.1) is 0 Å². The SMILES string of the molecule is C/C=C/Cc1cccc(OCC2(C)CO2)c1. The second-order valence-corrected chi connectivity index (χ2v) is 4.45. The van der Waals surface area contributed by atoms with Gasteiger partial charge < -0.3 is 9.47 Å². The fraction of sp³-hybridized carbons (Fsp3) is 0.429. The molecular formula is C14H18O2. The second-order valence-electron chi connectivity index (χ2n) is 4.45. The van der Waals surface area contributed by atoms with Gasteiger partial charge in [-0.2, -0.15) is 0 Å². The van der Waals surface area contributed by atoms with Gasteiger partial charge >= 0.3 is 0 Å². The molecule has 0 amide bonds. The van der Waals surface area contributed by atoms with E-state index < -0.39 is 0 Å². The van der Waals surface area contributed by atoms with Crippen molar-refractivity contribution in [3.8, 4) is 5.75 Å². The molecule has 0 saturated carbocycles. The molecule has 1 aliphatic rings. The van der Waals surface area contributed by atoms with Gasteiger partial charge in [0.25, 0.3) is 0 Å². The van der Waals surface area contributed by atoms with E-state index >= 15 is 0 Å². The molecule has 2 nitrogen and oxygen atoms in total. The lowest BCUT2D eigenvalue weighted by atomic mass is 10.1. The van der Waals surface area contributed by atoms with Crippen LogP contribution in [0.5, 0.6) is 5.75 Å². The molecule has 0 aromatic heterocycles. The Morgan fingerprint density at radius 3 is 3.00 bits per heavy atom. The highest BCUT2D eigenvalue weighted by Gasteiger charge is 2.40.